The number of ether oxygens (including phenoxy) is 1. The summed E-state index contributed by atoms with van der Waals surface area (Å²) in [5.41, 5.74) is 2.73. The van der Waals surface area contributed by atoms with E-state index in [0.29, 0.717) is 30.3 Å². The molecule has 2 N–H and O–H groups in total. The molecule has 6 nitrogen and oxygen atoms in total. The first-order chi connectivity index (χ1) is 15.2. The number of aliphatic hydroxyl groups is 1. The van der Waals surface area contributed by atoms with Crippen LogP contribution in [0.4, 0.5) is 0 Å². The number of carbonyl (C=O) groups is 1. The van der Waals surface area contributed by atoms with Crippen LogP contribution in [0.1, 0.15) is 53.4 Å². The van der Waals surface area contributed by atoms with Crippen molar-refractivity contribution in [3.63, 3.8) is 0 Å². The van der Waals surface area contributed by atoms with Gasteiger partial charge in [-0.2, -0.15) is 0 Å². The molecule has 3 atom stereocenters. The Kier molecular flexibility index (Phi) is 7.77. The summed E-state index contributed by atoms with van der Waals surface area (Å²) >= 11 is 0. The molecule has 0 aliphatic heterocycles. The third-order valence-electron chi connectivity index (χ3n) is 7.07. The molecule has 1 heterocycles. The van der Waals surface area contributed by atoms with Crippen molar-refractivity contribution in [3.05, 3.63) is 51.9 Å². The van der Waals surface area contributed by atoms with Gasteiger partial charge >= 0.3 is 5.63 Å². The zero-order valence-electron chi connectivity index (χ0n) is 19.6. The molecule has 0 saturated heterocycles. The van der Waals surface area contributed by atoms with Crippen molar-refractivity contribution >= 4 is 16.9 Å². The summed E-state index contributed by atoms with van der Waals surface area (Å²) in [4.78, 5) is 23.8. The first kappa shape index (κ1) is 24.1. The molecule has 3 rings (SSSR count). The number of hydrogen-bond acceptors (Lipinski definition) is 5. The molecule has 0 spiro atoms. The lowest BCUT2D eigenvalue weighted by Crippen LogP contribution is -2.44. The molecule has 1 aromatic heterocycles. The summed E-state index contributed by atoms with van der Waals surface area (Å²) in [6.07, 6.45) is 3.29. The van der Waals surface area contributed by atoms with E-state index in [2.05, 4.69) is 33.0 Å². The highest BCUT2D eigenvalue weighted by Gasteiger charge is 2.45. The highest BCUT2D eigenvalue weighted by atomic mass is 16.5. The van der Waals surface area contributed by atoms with Crippen LogP contribution in [0.15, 0.2) is 50.7 Å². The van der Waals surface area contributed by atoms with Gasteiger partial charge in [0.05, 0.1) is 13.2 Å². The van der Waals surface area contributed by atoms with E-state index in [1.807, 2.05) is 12.1 Å². The second-order valence-electron chi connectivity index (χ2n) is 9.38. The number of carbonyl (C=O) groups excluding carboxylic acids is 1. The lowest BCUT2D eigenvalue weighted by molar-refractivity contribution is -0.121. The fourth-order valence-corrected chi connectivity index (χ4v) is 4.89. The number of rotatable bonds is 8. The van der Waals surface area contributed by atoms with E-state index in [9.17, 15) is 9.59 Å². The van der Waals surface area contributed by atoms with Crippen LogP contribution in [0.25, 0.3) is 11.0 Å². The van der Waals surface area contributed by atoms with Crippen LogP contribution in [0.5, 0.6) is 5.75 Å². The predicted octanol–water partition coefficient (Wildman–Crippen LogP) is 4.45. The average Bonchev–Trinajstić information content (AvgIpc) is 2.76. The van der Waals surface area contributed by atoms with Gasteiger partial charge in [-0.25, -0.2) is 4.79 Å². The minimum absolute atomic E-state index is 0.0294. The maximum atomic E-state index is 12.2. The summed E-state index contributed by atoms with van der Waals surface area (Å²) in [6.45, 7) is 9.57. The molecule has 2 aromatic rings. The second kappa shape index (κ2) is 10.3. The highest BCUT2D eigenvalue weighted by Crippen LogP contribution is 2.51. The number of benzene rings is 1. The molecule has 0 unspecified atom stereocenters. The summed E-state index contributed by atoms with van der Waals surface area (Å²) in [5.74, 6) is 1.30. The first-order valence-electron chi connectivity index (χ1n) is 11.4. The Balaban J connectivity index is 1.81. The van der Waals surface area contributed by atoms with Crippen LogP contribution in [0.2, 0.25) is 0 Å². The van der Waals surface area contributed by atoms with Crippen LogP contribution in [0.3, 0.4) is 0 Å². The number of aliphatic hydroxyl groups excluding tert-OH is 1. The molecule has 0 bridgehead atoms. The second-order valence-corrected chi connectivity index (χ2v) is 9.38. The van der Waals surface area contributed by atoms with Crippen LogP contribution in [-0.4, -0.2) is 30.8 Å². The minimum atomic E-state index is -0.379. The van der Waals surface area contributed by atoms with Crippen molar-refractivity contribution in [3.8, 4) is 5.75 Å². The van der Waals surface area contributed by atoms with E-state index in [0.717, 1.165) is 24.6 Å². The van der Waals surface area contributed by atoms with Crippen molar-refractivity contribution in [2.45, 2.75) is 53.4 Å². The molecular formula is C26H35NO5. The number of allylic oxidation sites excluding steroid dienone is 2. The molecule has 0 radical (unpaired) electrons. The van der Waals surface area contributed by atoms with Crippen molar-refractivity contribution in [1.29, 1.82) is 0 Å². The fourth-order valence-electron chi connectivity index (χ4n) is 4.89. The number of hydrogen-bond donors (Lipinski definition) is 2. The van der Waals surface area contributed by atoms with Gasteiger partial charge in [-0.1, -0.05) is 25.0 Å². The SMILES string of the molecule is CC(C)=C1CC[C@H](C)[C@](C)(COc2ccc3ccc(=O)oc3c2)[C@H]1CCC(=O)NCCO. The van der Waals surface area contributed by atoms with Gasteiger partial charge in [-0.3, -0.25) is 4.79 Å². The molecule has 1 aromatic carbocycles. The molecule has 1 aliphatic carbocycles. The standard InChI is InChI=1S/C26H35NO5/c1-17(2)21-9-5-18(3)26(4,22(21)10-11-24(29)27-13-14-28)16-31-20-8-6-19-7-12-25(30)32-23(19)15-20/h6-8,12,15,18,22,28H,5,9-11,13-14,16H2,1-4H3,(H,27,29)/t18-,22-,26-/m0/s1. The van der Waals surface area contributed by atoms with Crippen LogP contribution in [0, 0.1) is 17.3 Å². The largest absolute Gasteiger partial charge is 0.493 e. The van der Waals surface area contributed by atoms with E-state index in [1.165, 1.54) is 17.2 Å². The summed E-state index contributed by atoms with van der Waals surface area (Å²) < 4.78 is 11.6. The highest BCUT2D eigenvalue weighted by molar-refractivity contribution is 5.77. The van der Waals surface area contributed by atoms with Gasteiger partial charge in [-0.15, -0.1) is 0 Å². The third kappa shape index (κ3) is 5.41. The molecule has 6 heteroatoms. The zero-order chi connectivity index (χ0) is 23.3. The molecule has 1 amide bonds. The van der Waals surface area contributed by atoms with E-state index in [4.69, 9.17) is 14.3 Å². The smallest absolute Gasteiger partial charge is 0.336 e. The van der Waals surface area contributed by atoms with Crippen LogP contribution in [-0.2, 0) is 4.79 Å². The lowest BCUT2D eigenvalue weighted by atomic mass is 9.58. The Morgan fingerprint density at radius 2 is 2.03 bits per heavy atom. The lowest BCUT2D eigenvalue weighted by Gasteiger charge is -2.48. The Hall–Kier alpha value is -2.60. The molecule has 1 aliphatic rings. The van der Waals surface area contributed by atoms with E-state index in [-0.39, 0.29) is 36.0 Å². The van der Waals surface area contributed by atoms with E-state index >= 15 is 0 Å². The maximum Gasteiger partial charge on any atom is 0.336 e. The van der Waals surface area contributed by atoms with Gasteiger partial charge < -0.3 is 19.6 Å². The van der Waals surface area contributed by atoms with Crippen LogP contribution < -0.4 is 15.7 Å². The summed E-state index contributed by atoms with van der Waals surface area (Å²) in [6, 6.07) is 8.72. The van der Waals surface area contributed by atoms with Crippen molar-refractivity contribution in [2.24, 2.45) is 17.3 Å². The van der Waals surface area contributed by atoms with Crippen LogP contribution >= 0.6 is 0 Å². The van der Waals surface area contributed by atoms with E-state index in [1.54, 1.807) is 12.1 Å². The third-order valence-corrected chi connectivity index (χ3v) is 7.07. The summed E-state index contributed by atoms with van der Waals surface area (Å²) in [7, 11) is 0. The van der Waals surface area contributed by atoms with Gasteiger partial charge in [0.15, 0.2) is 0 Å². The van der Waals surface area contributed by atoms with E-state index < -0.39 is 0 Å². The Labute approximate surface area is 189 Å². The van der Waals surface area contributed by atoms with Crippen molar-refractivity contribution in [1.82, 2.24) is 5.32 Å². The Morgan fingerprint density at radius 3 is 2.75 bits per heavy atom. The number of nitrogens with one attached hydrogen (secondary N) is 1. The predicted molar refractivity (Wildman–Crippen MR) is 126 cm³/mol. The minimum Gasteiger partial charge on any atom is -0.493 e. The molecule has 1 saturated carbocycles. The van der Waals surface area contributed by atoms with Gasteiger partial charge in [0.25, 0.3) is 0 Å². The quantitative estimate of drug-likeness (QED) is 0.467. The van der Waals surface area contributed by atoms with Crippen molar-refractivity contribution in [2.75, 3.05) is 19.8 Å². The Morgan fingerprint density at radius 1 is 1.28 bits per heavy atom. The zero-order valence-corrected chi connectivity index (χ0v) is 19.6. The monoisotopic (exact) mass is 441 g/mol. The van der Waals surface area contributed by atoms with Crippen molar-refractivity contribution < 1.29 is 19.1 Å². The Bertz CT molecular complexity index is 1040. The first-order valence-corrected chi connectivity index (χ1v) is 11.4. The molecule has 32 heavy (non-hydrogen) atoms. The van der Waals surface area contributed by atoms with Gasteiger partial charge in [-0.05, 0) is 63.1 Å². The number of fused-ring (bicyclic) bond motifs is 1. The fraction of sp³-hybridized carbons (Fsp3) is 0.538. The molecular weight excluding hydrogens is 406 g/mol. The molecule has 174 valence electrons. The number of amides is 1. The normalized spacial score (nSPS) is 23.2. The topological polar surface area (TPSA) is 88.8 Å². The summed E-state index contributed by atoms with van der Waals surface area (Å²) in [5, 5.41) is 12.6. The molecule has 1 fully saturated rings. The van der Waals surface area contributed by atoms with Gasteiger partial charge in [0, 0.05) is 35.9 Å². The average molecular weight is 442 g/mol. The van der Waals surface area contributed by atoms with Gasteiger partial charge in [0.1, 0.15) is 11.3 Å². The maximum absolute atomic E-state index is 12.2. The van der Waals surface area contributed by atoms with Gasteiger partial charge in [0.2, 0.25) is 5.91 Å².